The SMILES string of the molecule is CCCC[O-].CCCC[O-].CCCC[O-].CCCC[O-].[Ce+4]. The molecule has 5 heteroatoms. The van der Waals surface area contributed by atoms with E-state index in [1.54, 1.807) is 0 Å². The van der Waals surface area contributed by atoms with Crippen LogP contribution in [0.2, 0.25) is 0 Å². The maximum atomic E-state index is 9.53. The average Bonchev–Trinajstić information content (AvgIpc) is 2.44. The molecule has 0 aromatic heterocycles. The Morgan fingerprint density at radius 3 is 0.571 bits per heavy atom. The molecule has 0 atom stereocenters. The Bertz CT molecular complexity index is 74.3. The molecule has 0 heterocycles. The van der Waals surface area contributed by atoms with Gasteiger partial charge in [0.2, 0.25) is 0 Å². The van der Waals surface area contributed by atoms with Crippen molar-refractivity contribution in [1.29, 1.82) is 0 Å². The Morgan fingerprint density at radius 2 is 0.571 bits per heavy atom. The minimum absolute atomic E-state index is 0. The second-order valence-electron chi connectivity index (χ2n) is 4.23. The summed E-state index contributed by atoms with van der Waals surface area (Å²) in [6.45, 7) is 8.42. The molecule has 0 radical (unpaired) electrons. The molecule has 0 fully saturated rings. The zero-order chi connectivity index (χ0) is 16.5. The first kappa shape index (κ1) is 33.7. The summed E-state index contributed by atoms with van der Waals surface area (Å²) in [6, 6.07) is 0. The van der Waals surface area contributed by atoms with Gasteiger partial charge in [-0.2, -0.15) is 0 Å². The van der Waals surface area contributed by atoms with E-state index in [1.165, 1.54) is 0 Å². The summed E-state index contributed by atoms with van der Waals surface area (Å²) in [7, 11) is 0. The molecule has 0 aliphatic rings. The number of rotatable bonds is 8. The standard InChI is InChI=1S/4C4H9O.Ce/c4*1-2-3-4-5;/h4*2-4H2,1H3;/q4*-1;+4. The van der Waals surface area contributed by atoms with E-state index in [0.29, 0.717) is 0 Å². The molecular weight excluding hydrogens is 396 g/mol. The van der Waals surface area contributed by atoms with Crippen molar-refractivity contribution in [2.24, 2.45) is 0 Å². The van der Waals surface area contributed by atoms with Crippen molar-refractivity contribution in [2.75, 3.05) is 26.4 Å². The van der Waals surface area contributed by atoms with Crippen molar-refractivity contribution in [3.63, 3.8) is 0 Å². The van der Waals surface area contributed by atoms with Crippen LogP contribution in [0.1, 0.15) is 79.1 Å². The summed E-state index contributed by atoms with van der Waals surface area (Å²) in [5, 5.41) is 38.1. The fourth-order valence-corrected chi connectivity index (χ4v) is 0.577. The van der Waals surface area contributed by atoms with Crippen LogP contribution < -0.4 is 20.4 Å². The first-order valence-electron chi connectivity index (χ1n) is 7.98. The van der Waals surface area contributed by atoms with Gasteiger partial charge < -0.3 is 20.4 Å². The fourth-order valence-electron chi connectivity index (χ4n) is 0.577. The van der Waals surface area contributed by atoms with E-state index in [0.717, 1.165) is 51.4 Å². The predicted molar refractivity (Wildman–Crippen MR) is 79.1 cm³/mol. The molecule has 0 spiro atoms. The molecule has 128 valence electrons. The van der Waals surface area contributed by atoms with Crippen LogP contribution in [0.3, 0.4) is 0 Å². The number of hydrogen-bond donors (Lipinski definition) is 0. The Kier molecular flexibility index (Phi) is 79.8. The molecule has 0 N–H and O–H groups in total. The van der Waals surface area contributed by atoms with Crippen molar-refractivity contribution >= 4 is 0 Å². The second-order valence-corrected chi connectivity index (χ2v) is 4.23. The number of unbranched alkanes of at least 4 members (excludes halogenated alkanes) is 4. The van der Waals surface area contributed by atoms with E-state index >= 15 is 0 Å². The molecular formula is C16H36CeO4. The van der Waals surface area contributed by atoms with Crippen LogP contribution in [0.25, 0.3) is 0 Å². The molecule has 0 amide bonds. The molecule has 4 nitrogen and oxygen atoms in total. The Hall–Kier alpha value is 1.22. The van der Waals surface area contributed by atoms with Crippen molar-refractivity contribution in [2.45, 2.75) is 79.1 Å². The van der Waals surface area contributed by atoms with Gasteiger partial charge in [-0.1, -0.05) is 79.1 Å². The van der Waals surface area contributed by atoms with Crippen LogP contribution in [0.15, 0.2) is 0 Å². The second kappa shape index (κ2) is 49.6. The first-order valence-corrected chi connectivity index (χ1v) is 7.98. The van der Waals surface area contributed by atoms with Gasteiger partial charge in [0.05, 0.1) is 0 Å². The predicted octanol–water partition coefficient (Wildman–Crippen LogP) is 0.587. The van der Waals surface area contributed by atoms with Crippen molar-refractivity contribution in [1.82, 2.24) is 0 Å². The van der Waals surface area contributed by atoms with Crippen molar-refractivity contribution in [3.05, 3.63) is 0 Å². The zero-order valence-electron chi connectivity index (χ0n) is 14.6. The molecule has 0 aromatic rings. The van der Waals surface area contributed by atoms with Gasteiger partial charge in [-0.25, -0.2) is 0 Å². The molecule has 0 aliphatic heterocycles. The minimum Gasteiger partial charge on any atom is -0.854 e. The smallest absolute Gasteiger partial charge is 0.854 e. The van der Waals surface area contributed by atoms with E-state index in [9.17, 15) is 20.4 Å². The maximum Gasteiger partial charge on any atom is 4.00 e. The van der Waals surface area contributed by atoms with Crippen LogP contribution in [0.5, 0.6) is 0 Å². The topological polar surface area (TPSA) is 92.2 Å². The maximum absolute atomic E-state index is 9.53. The van der Waals surface area contributed by atoms with Gasteiger partial charge >= 0.3 is 41.7 Å². The number of hydrogen-bond acceptors (Lipinski definition) is 4. The van der Waals surface area contributed by atoms with Gasteiger partial charge in [0, 0.05) is 0 Å². The van der Waals surface area contributed by atoms with Crippen LogP contribution in [0, 0.1) is 41.7 Å². The quantitative estimate of drug-likeness (QED) is 0.561. The summed E-state index contributed by atoms with van der Waals surface area (Å²) in [5.41, 5.74) is 0. The van der Waals surface area contributed by atoms with E-state index in [-0.39, 0.29) is 68.2 Å². The summed E-state index contributed by atoms with van der Waals surface area (Å²) in [6.07, 6.45) is 7.46. The normalized spacial score (nSPS) is 8.00. The molecule has 0 bridgehead atoms. The third kappa shape index (κ3) is 92.2. The van der Waals surface area contributed by atoms with Crippen LogP contribution in [0.4, 0.5) is 0 Å². The first-order chi connectivity index (χ1) is 9.66. The van der Waals surface area contributed by atoms with E-state index < -0.39 is 0 Å². The van der Waals surface area contributed by atoms with E-state index in [1.807, 2.05) is 27.7 Å². The fraction of sp³-hybridized carbons (Fsp3) is 1.00. The van der Waals surface area contributed by atoms with Crippen LogP contribution in [-0.2, 0) is 0 Å². The Labute approximate surface area is 166 Å². The molecule has 0 saturated carbocycles. The zero-order valence-corrected chi connectivity index (χ0v) is 17.8. The monoisotopic (exact) mass is 432 g/mol. The molecule has 0 aromatic carbocycles. The molecule has 0 unspecified atom stereocenters. The minimum atomic E-state index is 0. The third-order valence-corrected chi connectivity index (χ3v) is 1.99. The summed E-state index contributed by atoms with van der Waals surface area (Å²) >= 11 is 0. The van der Waals surface area contributed by atoms with Gasteiger partial charge in [-0.3, -0.25) is 0 Å². The third-order valence-electron chi connectivity index (χ3n) is 1.99. The van der Waals surface area contributed by atoms with Crippen molar-refractivity contribution < 1.29 is 62.2 Å². The summed E-state index contributed by atoms with van der Waals surface area (Å²) < 4.78 is 0. The van der Waals surface area contributed by atoms with Gasteiger partial charge in [0.15, 0.2) is 0 Å². The van der Waals surface area contributed by atoms with Gasteiger partial charge in [-0.15, -0.1) is 26.4 Å². The van der Waals surface area contributed by atoms with E-state index in [4.69, 9.17) is 0 Å². The Morgan fingerprint density at radius 1 is 0.429 bits per heavy atom. The largest absolute Gasteiger partial charge is 4.00 e. The Balaban J connectivity index is -0.0000000533. The van der Waals surface area contributed by atoms with Gasteiger partial charge in [0.1, 0.15) is 0 Å². The summed E-state index contributed by atoms with van der Waals surface area (Å²) in [4.78, 5) is 0. The summed E-state index contributed by atoms with van der Waals surface area (Å²) in [5.74, 6) is 0. The molecule has 21 heavy (non-hydrogen) atoms. The van der Waals surface area contributed by atoms with Gasteiger partial charge in [0.25, 0.3) is 0 Å². The molecule has 0 saturated heterocycles. The van der Waals surface area contributed by atoms with Crippen LogP contribution in [-0.4, -0.2) is 26.4 Å². The molecule has 0 rings (SSSR count). The molecule has 0 aliphatic carbocycles. The van der Waals surface area contributed by atoms with Crippen molar-refractivity contribution in [3.8, 4) is 0 Å². The van der Waals surface area contributed by atoms with Gasteiger partial charge in [-0.05, 0) is 0 Å². The van der Waals surface area contributed by atoms with E-state index in [2.05, 4.69) is 0 Å². The average molecular weight is 433 g/mol. The van der Waals surface area contributed by atoms with Crippen LogP contribution >= 0.6 is 0 Å².